The van der Waals surface area contributed by atoms with E-state index in [1.54, 1.807) is 47.6 Å². The molecule has 2 aliphatic heterocycles. The van der Waals surface area contributed by atoms with Crippen molar-refractivity contribution in [1.82, 2.24) is 14.2 Å². The lowest BCUT2D eigenvalue weighted by molar-refractivity contribution is -0.136. The van der Waals surface area contributed by atoms with Gasteiger partial charge in [-0.05, 0) is 65.9 Å². The van der Waals surface area contributed by atoms with Gasteiger partial charge < -0.3 is 15.0 Å². The van der Waals surface area contributed by atoms with Crippen molar-refractivity contribution in [2.24, 2.45) is 11.1 Å². The quantitative estimate of drug-likeness (QED) is 0.291. The highest BCUT2D eigenvalue weighted by molar-refractivity contribution is 7.89. The molecule has 1 amide bonds. The van der Waals surface area contributed by atoms with Crippen LogP contribution in [0.2, 0.25) is 5.02 Å². The minimum absolute atomic E-state index is 0.0205. The highest BCUT2D eigenvalue weighted by atomic mass is 35.5. The molecule has 0 spiro atoms. The Hall–Kier alpha value is -3.21. The average molecular weight is 542 g/mol. The molecule has 1 unspecified atom stereocenters. The van der Waals surface area contributed by atoms with Gasteiger partial charge >= 0.3 is 0 Å². The number of hydrogen-bond acceptors (Lipinski definition) is 7. The molecular weight excluding hydrogens is 514 g/mol. The number of sulfonamides is 1. The zero-order chi connectivity index (χ0) is 26.0. The van der Waals surface area contributed by atoms with E-state index in [0.717, 1.165) is 42.4 Å². The molecule has 2 fully saturated rings. The van der Waals surface area contributed by atoms with E-state index in [1.165, 1.54) is 16.6 Å². The smallest absolute Gasteiger partial charge is 0.243 e. The Morgan fingerprint density at radius 3 is 2.49 bits per heavy atom. The standard InChI is InChI=1S/C26H28ClN5O4S/c27-22-3-1-21-14-25(4-2-20(21)13-22)37(35,36)31-17-24(15-29-34)32(26(33)18-31)16-19-7-11-30(12-8-19)23-5-9-28-10-6-23/h1-6,9-10,13-15,19,24,34H,7-8,11-12,16-18H2. The Balaban J connectivity index is 1.29. The number of aromatic nitrogens is 1. The third kappa shape index (κ3) is 5.41. The molecule has 2 aliphatic rings. The molecule has 5 rings (SSSR count). The number of nitrogens with zero attached hydrogens (tertiary/aromatic N) is 5. The first-order valence-corrected chi connectivity index (χ1v) is 14.0. The number of carbonyl (C=O) groups is 1. The Morgan fingerprint density at radius 1 is 1.05 bits per heavy atom. The molecule has 3 heterocycles. The molecule has 1 aromatic heterocycles. The number of pyridine rings is 1. The van der Waals surface area contributed by atoms with E-state index in [-0.39, 0.29) is 29.8 Å². The molecule has 37 heavy (non-hydrogen) atoms. The lowest BCUT2D eigenvalue weighted by Gasteiger charge is -2.42. The largest absolute Gasteiger partial charge is 0.411 e. The van der Waals surface area contributed by atoms with Crippen molar-refractivity contribution >= 4 is 50.2 Å². The second-order valence-corrected chi connectivity index (χ2v) is 11.8. The van der Waals surface area contributed by atoms with Gasteiger partial charge in [-0.15, -0.1) is 0 Å². The number of piperazine rings is 1. The Bertz CT molecular complexity index is 1410. The normalized spacial score (nSPS) is 20.2. The number of anilines is 1. The number of fused-ring (bicyclic) bond motifs is 1. The first kappa shape index (κ1) is 25.4. The summed E-state index contributed by atoms with van der Waals surface area (Å²) in [7, 11) is -3.94. The Kier molecular flexibility index (Phi) is 7.32. The van der Waals surface area contributed by atoms with Crippen LogP contribution in [0.5, 0.6) is 0 Å². The molecule has 0 aliphatic carbocycles. The monoisotopic (exact) mass is 541 g/mol. The number of carbonyl (C=O) groups excluding carboxylic acids is 1. The van der Waals surface area contributed by atoms with Crippen molar-refractivity contribution in [3.05, 3.63) is 65.9 Å². The summed E-state index contributed by atoms with van der Waals surface area (Å²) < 4.78 is 28.1. The number of benzene rings is 2. The maximum atomic E-state index is 13.5. The van der Waals surface area contributed by atoms with Gasteiger partial charge in [0, 0.05) is 49.3 Å². The molecule has 9 nitrogen and oxygen atoms in total. The molecule has 1 atom stereocenters. The highest BCUT2D eigenvalue weighted by Crippen LogP contribution is 2.28. The van der Waals surface area contributed by atoms with Crippen LogP contribution in [0.4, 0.5) is 5.69 Å². The predicted octanol–water partition coefficient (Wildman–Crippen LogP) is 3.47. The Morgan fingerprint density at radius 2 is 1.76 bits per heavy atom. The summed E-state index contributed by atoms with van der Waals surface area (Å²) in [5.74, 6) is -0.0315. The van der Waals surface area contributed by atoms with Gasteiger partial charge in [-0.2, -0.15) is 4.31 Å². The molecule has 2 saturated heterocycles. The number of oxime groups is 1. The average Bonchev–Trinajstić information content (AvgIpc) is 2.91. The van der Waals surface area contributed by atoms with Crippen LogP contribution in [0, 0.1) is 5.92 Å². The first-order chi connectivity index (χ1) is 17.8. The maximum Gasteiger partial charge on any atom is 0.243 e. The molecule has 1 N–H and O–H groups in total. The molecule has 11 heteroatoms. The Labute approximate surface area is 221 Å². The number of rotatable bonds is 6. The zero-order valence-electron chi connectivity index (χ0n) is 20.1. The topological polar surface area (TPSA) is 106 Å². The number of halogens is 1. The van der Waals surface area contributed by atoms with E-state index in [9.17, 15) is 18.4 Å². The summed E-state index contributed by atoms with van der Waals surface area (Å²) in [6.07, 6.45) is 6.60. The number of amides is 1. The molecule has 2 aromatic carbocycles. The van der Waals surface area contributed by atoms with E-state index >= 15 is 0 Å². The van der Waals surface area contributed by atoms with Gasteiger partial charge in [0.2, 0.25) is 15.9 Å². The van der Waals surface area contributed by atoms with Crippen LogP contribution in [-0.2, 0) is 14.8 Å². The fourth-order valence-electron chi connectivity index (χ4n) is 5.13. The fraction of sp³-hybridized carbons (Fsp3) is 0.346. The van der Waals surface area contributed by atoms with Crippen molar-refractivity contribution in [3.8, 4) is 0 Å². The third-order valence-corrected chi connectivity index (χ3v) is 9.21. The van der Waals surface area contributed by atoms with E-state index in [4.69, 9.17) is 11.6 Å². The van der Waals surface area contributed by atoms with E-state index in [2.05, 4.69) is 15.0 Å². The molecule has 194 valence electrons. The van der Waals surface area contributed by atoms with Crippen molar-refractivity contribution in [2.75, 3.05) is 37.6 Å². The van der Waals surface area contributed by atoms with Crippen molar-refractivity contribution in [1.29, 1.82) is 0 Å². The van der Waals surface area contributed by atoms with Crippen molar-refractivity contribution < 1.29 is 18.4 Å². The van der Waals surface area contributed by atoms with Crippen LogP contribution in [0.1, 0.15) is 12.8 Å². The van der Waals surface area contributed by atoms with Gasteiger partial charge in [0.25, 0.3) is 0 Å². The van der Waals surface area contributed by atoms with Crippen molar-refractivity contribution in [3.63, 3.8) is 0 Å². The van der Waals surface area contributed by atoms with Crippen LogP contribution in [0.25, 0.3) is 10.8 Å². The predicted molar refractivity (Wildman–Crippen MR) is 143 cm³/mol. The summed E-state index contributed by atoms with van der Waals surface area (Å²) in [6.45, 7) is 1.98. The third-order valence-electron chi connectivity index (χ3n) is 7.17. The highest BCUT2D eigenvalue weighted by Gasteiger charge is 2.39. The van der Waals surface area contributed by atoms with Crippen LogP contribution < -0.4 is 4.90 Å². The van der Waals surface area contributed by atoms with E-state index < -0.39 is 16.1 Å². The fourth-order valence-corrected chi connectivity index (χ4v) is 6.76. The van der Waals surface area contributed by atoms with Gasteiger partial charge in [-0.25, -0.2) is 8.42 Å². The van der Waals surface area contributed by atoms with Crippen LogP contribution in [-0.4, -0.2) is 78.7 Å². The lowest BCUT2D eigenvalue weighted by Crippen LogP contribution is -2.59. The molecule has 0 saturated carbocycles. The van der Waals surface area contributed by atoms with Gasteiger partial charge in [0.05, 0.1) is 23.7 Å². The minimum Gasteiger partial charge on any atom is -0.411 e. The van der Waals surface area contributed by atoms with Gasteiger partial charge in [0.1, 0.15) is 0 Å². The first-order valence-electron chi connectivity index (χ1n) is 12.2. The minimum atomic E-state index is -3.94. The lowest BCUT2D eigenvalue weighted by atomic mass is 9.95. The molecule has 0 bridgehead atoms. The summed E-state index contributed by atoms with van der Waals surface area (Å²) >= 11 is 6.04. The van der Waals surface area contributed by atoms with Crippen molar-refractivity contribution in [2.45, 2.75) is 23.8 Å². The van der Waals surface area contributed by atoms with Crippen LogP contribution >= 0.6 is 11.6 Å². The van der Waals surface area contributed by atoms with E-state index in [0.29, 0.717) is 11.6 Å². The van der Waals surface area contributed by atoms with Crippen LogP contribution in [0.15, 0.2) is 71.0 Å². The maximum absolute atomic E-state index is 13.5. The molecule has 0 radical (unpaired) electrons. The summed E-state index contributed by atoms with van der Waals surface area (Å²) in [5.41, 5.74) is 1.13. The summed E-state index contributed by atoms with van der Waals surface area (Å²) in [5, 5.41) is 14.6. The molecule has 3 aromatic rings. The van der Waals surface area contributed by atoms with Gasteiger partial charge in [-0.1, -0.05) is 28.9 Å². The van der Waals surface area contributed by atoms with E-state index in [1.807, 2.05) is 12.1 Å². The summed E-state index contributed by atoms with van der Waals surface area (Å²) in [6, 6.07) is 13.4. The second-order valence-electron chi connectivity index (χ2n) is 9.46. The van der Waals surface area contributed by atoms with Gasteiger partial charge in [-0.3, -0.25) is 9.78 Å². The zero-order valence-corrected chi connectivity index (χ0v) is 21.7. The van der Waals surface area contributed by atoms with Crippen LogP contribution in [0.3, 0.4) is 0 Å². The second kappa shape index (κ2) is 10.6. The number of hydrogen-bond donors (Lipinski definition) is 1. The molecular formula is C26H28ClN5O4S. The summed E-state index contributed by atoms with van der Waals surface area (Å²) in [4.78, 5) is 21.3. The van der Waals surface area contributed by atoms with Gasteiger partial charge in [0.15, 0.2) is 0 Å². The SMILES string of the molecule is O=C1CN(S(=O)(=O)c2ccc3cc(Cl)ccc3c2)CC(C=NO)N1CC1CCN(c2ccncc2)CC1. The number of piperidine rings is 1.